The predicted molar refractivity (Wildman–Crippen MR) is 68.3 cm³/mol. The maximum atomic E-state index is 11.4. The van der Waals surface area contributed by atoms with Gasteiger partial charge < -0.3 is 0 Å². The summed E-state index contributed by atoms with van der Waals surface area (Å²) in [6.45, 7) is 8.73. The second-order valence-electron chi connectivity index (χ2n) is 6.93. The first kappa shape index (κ1) is 13.3. The van der Waals surface area contributed by atoms with Crippen LogP contribution in [0.5, 0.6) is 0 Å². The Hall–Kier alpha value is -0.0900. The highest BCUT2D eigenvalue weighted by atomic mass is 32.2. The fraction of sp³-hybridized carbons (Fsp3) is 1.00. The van der Waals surface area contributed by atoms with Crippen LogP contribution in [0.15, 0.2) is 0 Å². The molecule has 0 spiro atoms. The van der Waals surface area contributed by atoms with Gasteiger partial charge in [-0.3, -0.25) is 4.55 Å². The van der Waals surface area contributed by atoms with E-state index >= 15 is 0 Å². The molecule has 2 aliphatic rings. The number of fused-ring (bicyclic) bond motifs is 2. The van der Waals surface area contributed by atoms with Crippen molar-refractivity contribution in [2.24, 2.45) is 28.6 Å². The van der Waals surface area contributed by atoms with Gasteiger partial charge in [0.15, 0.2) is 0 Å². The number of rotatable bonds is 3. The van der Waals surface area contributed by atoms with Crippen LogP contribution in [-0.4, -0.2) is 18.7 Å². The molecule has 3 nitrogen and oxygen atoms in total. The molecule has 2 rings (SSSR count). The SMILES string of the molecule is CC(C)C1CC2CCC1(CS(=O)(=O)O)C2(C)C. The van der Waals surface area contributed by atoms with Crippen molar-refractivity contribution in [1.82, 2.24) is 0 Å². The molecular weight excluding hydrogens is 236 g/mol. The lowest BCUT2D eigenvalue weighted by Gasteiger charge is -2.43. The molecule has 4 heteroatoms. The Morgan fingerprint density at radius 2 is 1.94 bits per heavy atom. The van der Waals surface area contributed by atoms with Gasteiger partial charge in [-0.25, -0.2) is 0 Å². The van der Waals surface area contributed by atoms with Gasteiger partial charge in [0, 0.05) is 0 Å². The van der Waals surface area contributed by atoms with Gasteiger partial charge in [0.05, 0.1) is 5.75 Å². The van der Waals surface area contributed by atoms with Gasteiger partial charge in [-0.1, -0.05) is 27.7 Å². The average molecular weight is 260 g/mol. The second kappa shape index (κ2) is 3.70. The summed E-state index contributed by atoms with van der Waals surface area (Å²) in [5.74, 6) is 1.49. The summed E-state index contributed by atoms with van der Waals surface area (Å²) in [7, 11) is -3.89. The van der Waals surface area contributed by atoms with Crippen LogP contribution in [0.2, 0.25) is 0 Å². The van der Waals surface area contributed by atoms with Crippen molar-refractivity contribution >= 4 is 10.1 Å². The molecule has 0 heterocycles. The van der Waals surface area contributed by atoms with E-state index in [1.807, 2.05) is 0 Å². The lowest BCUT2D eigenvalue weighted by molar-refractivity contribution is 0.0782. The highest BCUT2D eigenvalue weighted by Gasteiger charge is 2.65. The quantitative estimate of drug-likeness (QED) is 0.794. The van der Waals surface area contributed by atoms with Crippen molar-refractivity contribution < 1.29 is 13.0 Å². The van der Waals surface area contributed by atoms with E-state index in [9.17, 15) is 13.0 Å². The molecule has 0 aromatic heterocycles. The van der Waals surface area contributed by atoms with Crippen molar-refractivity contribution in [2.45, 2.75) is 47.0 Å². The molecule has 0 radical (unpaired) electrons. The van der Waals surface area contributed by atoms with Crippen molar-refractivity contribution in [2.75, 3.05) is 5.75 Å². The minimum atomic E-state index is -3.89. The van der Waals surface area contributed by atoms with Crippen LogP contribution in [0.4, 0.5) is 0 Å². The fourth-order valence-electron chi connectivity index (χ4n) is 4.73. The second-order valence-corrected chi connectivity index (χ2v) is 8.38. The first-order chi connectivity index (χ1) is 7.60. The minimum absolute atomic E-state index is 0.0394. The van der Waals surface area contributed by atoms with Crippen LogP contribution in [0.1, 0.15) is 47.0 Å². The van der Waals surface area contributed by atoms with E-state index < -0.39 is 10.1 Å². The average Bonchev–Trinajstić information content (AvgIpc) is 2.46. The molecule has 100 valence electrons. The van der Waals surface area contributed by atoms with Crippen molar-refractivity contribution in [3.8, 4) is 0 Å². The third-order valence-electron chi connectivity index (χ3n) is 5.74. The molecule has 0 aliphatic heterocycles. The zero-order valence-electron chi connectivity index (χ0n) is 11.2. The summed E-state index contributed by atoms with van der Waals surface area (Å²) in [5, 5.41) is 0. The van der Waals surface area contributed by atoms with Crippen molar-refractivity contribution in [1.29, 1.82) is 0 Å². The summed E-state index contributed by atoms with van der Waals surface area (Å²) in [6, 6.07) is 0. The molecular formula is C13H24O3S. The van der Waals surface area contributed by atoms with Crippen LogP contribution in [-0.2, 0) is 10.1 Å². The molecule has 2 bridgehead atoms. The van der Waals surface area contributed by atoms with Gasteiger partial charge in [0.1, 0.15) is 0 Å². The summed E-state index contributed by atoms with van der Waals surface area (Å²) < 4.78 is 32.1. The van der Waals surface area contributed by atoms with E-state index in [0.29, 0.717) is 17.8 Å². The lowest BCUT2D eigenvalue weighted by Crippen LogP contribution is -2.43. The summed E-state index contributed by atoms with van der Waals surface area (Å²) in [6.07, 6.45) is 3.19. The molecule has 2 aliphatic carbocycles. The van der Waals surface area contributed by atoms with Crippen LogP contribution in [0, 0.1) is 28.6 Å². The molecule has 0 aromatic rings. The standard InChI is InChI=1S/C13H24O3S/c1-9(2)11-7-10-5-6-13(11,12(10,3)4)8-17(14,15)16/h9-11H,5-8H2,1-4H3,(H,14,15,16). The predicted octanol–water partition coefficient (Wildman–Crippen LogP) is 2.97. The lowest BCUT2D eigenvalue weighted by atomic mass is 9.64. The molecule has 0 saturated heterocycles. The first-order valence-electron chi connectivity index (χ1n) is 6.55. The number of hydrogen-bond acceptors (Lipinski definition) is 2. The Balaban J connectivity index is 2.43. The molecule has 2 saturated carbocycles. The van der Waals surface area contributed by atoms with Crippen molar-refractivity contribution in [3.63, 3.8) is 0 Å². The molecule has 0 amide bonds. The van der Waals surface area contributed by atoms with E-state index in [2.05, 4.69) is 27.7 Å². The fourth-order valence-corrected chi connectivity index (χ4v) is 6.11. The van der Waals surface area contributed by atoms with Crippen LogP contribution >= 0.6 is 0 Å². The molecule has 2 fully saturated rings. The molecule has 17 heavy (non-hydrogen) atoms. The Bertz CT molecular complexity index is 410. The Morgan fingerprint density at radius 3 is 2.35 bits per heavy atom. The first-order valence-corrected chi connectivity index (χ1v) is 8.16. The highest BCUT2D eigenvalue weighted by molar-refractivity contribution is 7.85. The summed E-state index contributed by atoms with van der Waals surface area (Å²) >= 11 is 0. The van der Waals surface area contributed by atoms with E-state index in [1.54, 1.807) is 0 Å². The zero-order valence-corrected chi connectivity index (χ0v) is 12.0. The van der Waals surface area contributed by atoms with Gasteiger partial charge in [-0.15, -0.1) is 0 Å². The number of hydrogen-bond donors (Lipinski definition) is 1. The molecule has 0 aromatic carbocycles. The summed E-state index contributed by atoms with van der Waals surface area (Å²) in [5.41, 5.74) is -0.169. The smallest absolute Gasteiger partial charge is 0.265 e. The third kappa shape index (κ3) is 1.84. The molecule has 3 atom stereocenters. The van der Waals surface area contributed by atoms with E-state index in [4.69, 9.17) is 0 Å². The molecule has 1 N–H and O–H groups in total. The minimum Gasteiger partial charge on any atom is -0.286 e. The normalized spacial score (nSPS) is 40.1. The highest BCUT2D eigenvalue weighted by Crippen LogP contribution is 2.70. The van der Waals surface area contributed by atoms with Crippen LogP contribution in [0.3, 0.4) is 0 Å². The monoisotopic (exact) mass is 260 g/mol. The zero-order chi connectivity index (χ0) is 13.1. The maximum absolute atomic E-state index is 11.4. The maximum Gasteiger partial charge on any atom is 0.265 e. The van der Waals surface area contributed by atoms with E-state index in [0.717, 1.165) is 19.3 Å². The van der Waals surface area contributed by atoms with Gasteiger partial charge in [0.2, 0.25) is 0 Å². The summed E-state index contributed by atoms with van der Waals surface area (Å²) in [4.78, 5) is 0. The van der Waals surface area contributed by atoms with Gasteiger partial charge in [0.25, 0.3) is 10.1 Å². The van der Waals surface area contributed by atoms with Crippen LogP contribution < -0.4 is 0 Å². The third-order valence-corrected chi connectivity index (χ3v) is 6.62. The Kier molecular flexibility index (Phi) is 2.91. The van der Waals surface area contributed by atoms with Gasteiger partial charge in [-0.2, -0.15) is 8.42 Å². The van der Waals surface area contributed by atoms with Crippen LogP contribution in [0.25, 0.3) is 0 Å². The Labute approximate surface area is 105 Å². The van der Waals surface area contributed by atoms with Gasteiger partial charge >= 0.3 is 0 Å². The Morgan fingerprint density at radius 1 is 1.35 bits per heavy atom. The van der Waals surface area contributed by atoms with E-state index in [-0.39, 0.29) is 16.6 Å². The van der Waals surface area contributed by atoms with Gasteiger partial charge in [-0.05, 0) is 47.8 Å². The van der Waals surface area contributed by atoms with E-state index in [1.165, 1.54) is 0 Å². The largest absolute Gasteiger partial charge is 0.286 e. The molecule has 3 unspecified atom stereocenters. The van der Waals surface area contributed by atoms with Crippen molar-refractivity contribution in [3.05, 3.63) is 0 Å². The topological polar surface area (TPSA) is 54.4 Å².